The second kappa shape index (κ2) is 5.69. The van der Waals surface area contributed by atoms with E-state index in [4.69, 9.17) is 4.42 Å². The summed E-state index contributed by atoms with van der Waals surface area (Å²) in [6.07, 6.45) is 0.995. The van der Waals surface area contributed by atoms with Crippen molar-refractivity contribution >= 4 is 21.9 Å². The molecule has 110 valence electrons. The quantitative estimate of drug-likeness (QED) is 0.482. The second-order valence-corrected chi connectivity index (χ2v) is 5.69. The predicted molar refractivity (Wildman–Crippen MR) is 91.1 cm³/mol. The lowest BCUT2D eigenvalue weighted by Crippen LogP contribution is -2.04. The Morgan fingerprint density at radius 3 is 2.77 bits per heavy atom. The summed E-state index contributed by atoms with van der Waals surface area (Å²) in [7, 11) is 0. The van der Waals surface area contributed by atoms with Crippen molar-refractivity contribution in [3.8, 4) is 11.8 Å². The minimum atomic E-state index is -0.00898. The monoisotopic (exact) mass is 290 g/mol. The Morgan fingerprint density at radius 1 is 1.18 bits per heavy atom. The molecule has 0 aliphatic rings. The van der Waals surface area contributed by atoms with Gasteiger partial charge in [0, 0.05) is 11.5 Å². The van der Waals surface area contributed by atoms with E-state index in [9.17, 15) is 4.79 Å². The van der Waals surface area contributed by atoms with Crippen molar-refractivity contribution in [1.82, 2.24) is 0 Å². The van der Waals surface area contributed by atoms with E-state index in [0.29, 0.717) is 27.9 Å². The van der Waals surface area contributed by atoms with Crippen LogP contribution < -0.4 is 5.43 Å². The largest absolute Gasteiger partial charge is 0.456 e. The molecule has 2 nitrogen and oxygen atoms in total. The molecule has 0 saturated heterocycles. The second-order valence-electron chi connectivity index (χ2n) is 5.69. The van der Waals surface area contributed by atoms with Gasteiger partial charge in [-0.25, -0.2) is 0 Å². The number of hydrogen-bond donors (Lipinski definition) is 0. The lowest BCUT2D eigenvalue weighted by Gasteiger charge is -2.04. The molecule has 3 rings (SSSR count). The zero-order valence-electron chi connectivity index (χ0n) is 13.1. The third kappa shape index (κ3) is 2.51. The third-order valence-electron chi connectivity index (χ3n) is 3.92. The van der Waals surface area contributed by atoms with Crippen LogP contribution >= 0.6 is 0 Å². The minimum absolute atomic E-state index is 0.00898. The zero-order valence-corrected chi connectivity index (χ0v) is 13.1. The first-order chi connectivity index (χ1) is 10.6. The molecular formula is C20H18O2. The van der Waals surface area contributed by atoms with Gasteiger partial charge in [-0.3, -0.25) is 4.79 Å². The summed E-state index contributed by atoms with van der Waals surface area (Å²) < 4.78 is 5.91. The topological polar surface area (TPSA) is 30.2 Å². The summed E-state index contributed by atoms with van der Waals surface area (Å²) >= 11 is 0. The van der Waals surface area contributed by atoms with Gasteiger partial charge in [0.05, 0.1) is 10.8 Å². The highest BCUT2D eigenvalue weighted by Crippen LogP contribution is 2.21. The molecule has 0 aliphatic carbocycles. The highest BCUT2D eigenvalue weighted by Gasteiger charge is 2.10. The molecule has 0 bridgehead atoms. The molecule has 2 aromatic carbocycles. The van der Waals surface area contributed by atoms with Crippen LogP contribution in [0, 0.1) is 24.7 Å². The molecule has 1 aromatic heterocycles. The Balaban J connectivity index is 2.34. The van der Waals surface area contributed by atoms with Crippen molar-refractivity contribution in [2.24, 2.45) is 5.92 Å². The van der Waals surface area contributed by atoms with Crippen molar-refractivity contribution in [3.05, 3.63) is 57.7 Å². The van der Waals surface area contributed by atoms with Gasteiger partial charge in [-0.15, -0.1) is 0 Å². The molecule has 3 aromatic rings. The molecule has 1 heterocycles. The lowest BCUT2D eigenvalue weighted by molar-refractivity contribution is 0.659. The molecule has 0 spiro atoms. The summed E-state index contributed by atoms with van der Waals surface area (Å²) in [6.45, 7) is 6.17. The highest BCUT2D eigenvalue weighted by molar-refractivity contribution is 5.93. The first-order valence-corrected chi connectivity index (χ1v) is 7.58. The average Bonchev–Trinajstić information content (AvgIpc) is 2.52. The van der Waals surface area contributed by atoms with Crippen LogP contribution in [0.3, 0.4) is 0 Å². The van der Waals surface area contributed by atoms with Gasteiger partial charge < -0.3 is 4.42 Å². The maximum Gasteiger partial charge on any atom is 0.201 e. The van der Waals surface area contributed by atoms with E-state index in [1.54, 1.807) is 0 Å². The van der Waals surface area contributed by atoms with E-state index in [2.05, 4.69) is 25.7 Å². The van der Waals surface area contributed by atoms with E-state index >= 15 is 0 Å². The van der Waals surface area contributed by atoms with Crippen LogP contribution in [0.5, 0.6) is 0 Å². The number of rotatable bonds is 1. The minimum Gasteiger partial charge on any atom is -0.456 e. The van der Waals surface area contributed by atoms with Crippen molar-refractivity contribution in [1.29, 1.82) is 0 Å². The number of hydrogen-bond acceptors (Lipinski definition) is 2. The van der Waals surface area contributed by atoms with Crippen LogP contribution in [0.25, 0.3) is 21.9 Å². The van der Waals surface area contributed by atoms with E-state index in [1.165, 1.54) is 0 Å². The first-order valence-electron chi connectivity index (χ1n) is 7.58. The Morgan fingerprint density at radius 2 is 2.00 bits per heavy atom. The van der Waals surface area contributed by atoms with Gasteiger partial charge in [0.25, 0.3) is 0 Å². The van der Waals surface area contributed by atoms with Crippen LogP contribution in [0.1, 0.15) is 31.4 Å². The fourth-order valence-corrected chi connectivity index (χ4v) is 2.41. The molecule has 1 atom stereocenters. The Hall–Kier alpha value is -2.53. The molecule has 1 unspecified atom stereocenters. The fraction of sp³-hybridized carbons (Fsp3) is 0.250. The smallest absolute Gasteiger partial charge is 0.201 e. The van der Waals surface area contributed by atoms with Crippen LogP contribution in [0.2, 0.25) is 0 Å². The van der Waals surface area contributed by atoms with Crippen LogP contribution in [-0.4, -0.2) is 0 Å². The van der Waals surface area contributed by atoms with E-state index in [1.807, 2.05) is 43.3 Å². The van der Waals surface area contributed by atoms with Gasteiger partial charge in [-0.05, 0) is 43.2 Å². The van der Waals surface area contributed by atoms with Gasteiger partial charge in [0.15, 0.2) is 0 Å². The predicted octanol–water partition coefficient (Wildman–Crippen LogP) is 4.65. The summed E-state index contributed by atoms with van der Waals surface area (Å²) in [5.41, 5.74) is 3.03. The summed E-state index contributed by atoms with van der Waals surface area (Å²) in [5, 5.41) is 1.19. The Bertz CT molecular complexity index is 968. The van der Waals surface area contributed by atoms with E-state index in [-0.39, 0.29) is 5.43 Å². The van der Waals surface area contributed by atoms with Gasteiger partial charge >= 0.3 is 0 Å². The van der Waals surface area contributed by atoms with Gasteiger partial charge in [0.1, 0.15) is 11.2 Å². The van der Waals surface area contributed by atoms with Crippen molar-refractivity contribution in [2.45, 2.75) is 27.2 Å². The van der Waals surface area contributed by atoms with Crippen LogP contribution in [0.15, 0.2) is 45.6 Å². The molecule has 0 saturated carbocycles. The summed E-state index contributed by atoms with van der Waals surface area (Å²) in [4.78, 5) is 12.8. The maximum absolute atomic E-state index is 12.8. The van der Waals surface area contributed by atoms with Crippen molar-refractivity contribution in [3.63, 3.8) is 0 Å². The molecular weight excluding hydrogens is 272 g/mol. The molecule has 2 heteroatoms. The van der Waals surface area contributed by atoms with Gasteiger partial charge in [0.2, 0.25) is 5.43 Å². The first kappa shape index (κ1) is 14.4. The number of aryl methyl sites for hydroxylation is 1. The summed E-state index contributed by atoms with van der Waals surface area (Å²) in [5.74, 6) is 6.65. The van der Waals surface area contributed by atoms with Crippen molar-refractivity contribution < 1.29 is 4.42 Å². The number of fused-ring (bicyclic) bond motifs is 2. The molecule has 22 heavy (non-hydrogen) atoms. The standard InChI is InChI=1S/C20H18O2/c1-4-13(2)8-10-15-6-5-7-17-19(15)20(21)16-11-9-14(3)12-18(16)22-17/h5-7,9,11-13H,4H2,1-3H3. The Kier molecular flexibility index (Phi) is 3.73. The van der Waals surface area contributed by atoms with Crippen LogP contribution in [0.4, 0.5) is 0 Å². The van der Waals surface area contributed by atoms with E-state index in [0.717, 1.165) is 17.5 Å². The molecule has 0 N–H and O–H groups in total. The summed E-state index contributed by atoms with van der Waals surface area (Å²) in [6, 6.07) is 11.2. The third-order valence-corrected chi connectivity index (χ3v) is 3.92. The molecule has 0 amide bonds. The molecule has 0 radical (unpaired) electrons. The lowest BCUT2D eigenvalue weighted by atomic mass is 10.0. The number of benzene rings is 2. The maximum atomic E-state index is 12.8. The molecule has 0 aliphatic heterocycles. The zero-order chi connectivity index (χ0) is 15.7. The normalized spacial score (nSPS) is 12.1. The Labute approximate surface area is 129 Å². The molecule has 0 fully saturated rings. The van der Waals surface area contributed by atoms with Gasteiger partial charge in [-0.1, -0.05) is 37.8 Å². The van der Waals surface area contributed by atoms with Gasteiger partial charge in [-0.2, -0.15) is 0 Å². The van der Waals surface area contributed by atoms with Crippen LogP contribution in [-0.2, 0) is 0 Å². The van der Waals surface area contributed by atoms with Crippen molar-refractivity contribution in [2.75, 3.05) is 0 Å². The fourth-order valence-electron chi connectivity index (χ4n) is 2.41. The highest BCUT2D eigenvalue weighted by atomic mass is 16.3. The van der Waals surface area contributed by atoms with E-state index < -0.39 is 0 Å². The average molecular weight is 290 g/mol. The SMILES string of the molecule is CCC(C)C#Cc1cccc2oc3cc(C)ccc3c(=O)c12.